The van der Waals surface area contributed by atoms with E-state index in [-0.39, 0.29) is 11.8 Å². The highest BCUT2D eigenvalue weighted by molar-refractivity contribution is 6.21. The molecule has 4 heteroatoms. The van der Waals surface area contributed by atoms with Gasteiger partial charge in [0, 0.05) is 0 Å². The smallest absolute Gasteiger partial charge is 0.258 e. The SMILES string of the molecule is C=O.O=C1NC(=O)c2ccccc21. The molecule has 4 nitrogen and oxygen atoms in total. The second-order valence-electron chi connectivity index (χ2n) is 2.33. The maximum atomic E-state index is 10.9. The highest BCUT2D eigenvalue weighted by Crippen LogP contribution is 2.13. The van der Waals surface area contributed by atoms with E-state index in [2.05, 4.69) is 5.32 Å². The fraction of sp³-hybridized carbons (Fsp3) is 0. The summed E-state index contributed by atoms with van der Waals surface area (Å²) in [5.41, 5.74) is 0.940. The standard InChI is InChI=1S/C8H5NO2.CH2O/c10-7-5-3-1-2-4-6(5)8(11)9-7;1-2/h1-4H,(H,9,10,11);1H2. The molecule has 0 saturated carbocycles. The lowest BCUT2D eigenvalue weighted by Crippen LogP contribution is -2.19. The molecule has 66 valence electrons. The van der Waals surface area contributed by atoms with Crippen molar-refractivity contribution in [1.29, 1.82) is 0 Å². The molecule has 2 rings (SSSR count). The Hall–Kier alpha value is -1.97. The molecule has 0 aliphatic carbocycles. The van der Waals surface area contributed by atoms with Crippen LogP contribution in [0.25, 0.3) is 0 Å². The zero-order valence-corrected chi connectivity index (χ0v) is 6.74. The van der Waals surface area contributed by atoms with E-state index in [0.717, 1.165) is 0 Å². The van der Waals surface area contributed by atoms with Crippen molar-refractivity contribution in [2.75, 3.05) is 0 Å². The van der Waals surface area contributed by atoms with Gasteiger partial charge in [0.25, 0.3) is 11.8 Å². The number of carbonyl (C=O) groups is 3. The topological polar surface area (TPSA) is 63.2 Å². The highest BCUT2D eigenvalue weighted by Gasteiger charge is 2.25. The van der Waals surface area contributed by atoms with Crippen LogP contribution in [0.2, 0.25) is 0 Å². The number of amides is 2. The minimum absolute atomic E-state index is 0.300. The van der Waals surface area contributed by atoms with Crippen LogP contribution in [0, 0.1) is 0 Å². The summed E-state index contributed by atoms with van der Waals surface area (Å²) in [5, 5.41) is 2.20. The van der Waals surface area contributed by atoms with Crippen LogP contribution < -0.4 is 5.32 Å². The third-order valence-electron chi connectivity index (χ3n) is 1.64. The lowest BCUT2D eigenvalue weighted by atomic mass is 10.1. The fourth-order valence-electron chi connectivity index (χ4n) is 1.12. The second kappa shape index (κ2) is 3.62. The Morgan fingerprint density at radius 2 is 1.31 bits per heavy atom. The number of carbonyl (C=O) groups excluding carboxylic acids is 3. The van der Waals surface area contributed by atoms with Gasteiger partial charge in [0.1, 0.15) is 6.79 Å². The van der Waals surface area contributed by atoms with Crippen molar-refractivity contribution in [1.82, 2.24) is 5.32 Å². The Morgan fingerprint density at radius 3 is 1.69 bits per heavy atom. The highest BCUT2D eigenvalue weighted by atomic mass is 16.2. The van der Waals surface area contributed by atoms with E-state index in [4.69, 9.17) is 4.79 Å². The Balaban J connectivity index is 0.000000396. The Labute approximate surface area is 74.6 Å². The quantitative estimate of drug-likeness (QED) is 0.583. The molecule has 1 heterocycles. The lowest BCUT2D eigenvalue weighted by Gasteiger charge is -1.88. The summed E-state index contributed by atoms with van der Waals surface area (Å²) in [5.74, 6) is -0.601. The largest absolute Gasteiger partial charge is 0.307 e. The Bertz CT molecular complexity index is 327. The minimum Gasteiger partial charge on any atom is -0.307 e. The maximum absolute atomic E-state index is 10.9. The number of imide groups is 1. The van der Waals surface area contributed by atoms with E-state index < -0.39 is 0 Å². The van der Waals surface area contributed by atoms with Crippen molar-refractivity contribution in [2.24, 2.45) is 0 Å². The first kappa shape index (κ1) is 9.12. The summed E-state index contributed by atoms with van der Waals surface area (Å²) in [6.07, 6.45) is 0. The Morgan fingerprint density at radius 1 is 0.923 bits per heavy atom. The zero-order chi connectivity index (χ0) is 9.84. The average Bonchev–Trinajstić information content (AvgIpc) is 2.47. The van der Waals surface area contributed by atoms with Gasteiger partial charge in [0.2, 0.25) is 0 Å². The molecule has 0 bridgehead atoms. The van der Waals surface area contributed by atoms with E-state index in [1.165, 1.54) is 0 Å². The van der Waals surface area contributed by atoms with Gasteiger partial charge in [-0.3, -0.25) is 14.9 Å². The average molecular weight is 177 g/mol. The first-order chi connectivity index (χ1) is 6.29. The second-order valence-corrected chi connectivity index (χ2v) is 2.33. The summed E-state index contributed by atoms with van der Waals surface area (Å²) in [6.45, 7) is 2.00. The summed E-state index contributed by atoms with van der Waals surface area (Å²) in [4.78, 5) is 29.9. The summed E-state index contributed by atoms with van der Waals surface area (Å²) >= 11 is 0. The molecule has 1 N–H and O–H groups in total. The number of rotatable bonds is 0. The number of nitrogens with one attached hydrogen (secondary N) is 1. The summed E-state index contributed by atoms with van der Waals surface area (Å²) < 4.78 is 0. The summed E-state index contributed by atoms with van der Waals surface area (Å²) in [6, 6.07) is 6.74. The van der Waals surface area contributed by atoms with Crippen LogP contribution in [0.4, 0.5) is 0 Å². The third kappa shape index (κ3) is 1.46. The number of hydrogen-bond donors (Lipinski definition) is 1. The van der Waals surface area contributed by atoms with Crippen LogP contribution in [0.3, 0.4) is 0 Å². The molecule has 0 spiro atoms. The Kier molecular flexibility index (Phi) is 2.54. The molecule has 1 aliphatic rings. The van der Waals surface area contributed by atoms with Gasteiger partial charge in [-0.1, -0.05) is 12.1 Å². The summed E-state index contributed by atoms with van der Waals surface area (Å²) in [7, 11) is 0. The molecule has 0 unspecified atom stereocenters. The fourth-order valence-corrected chi connectivity index (χ4v) is 1.12. The van der Waals surface area contributed by atoms with Gasteiger partial charge in [0.15, 0.2) is 0 Å². The van der Waals surface area contributed by atoms with Gasteiger partial charge < -0.3 is 4.79 Å². The van der Waals surface area contributed by atoms with Gasteiger partial charge in [-0.15, -0.1) is 0 Å². The monoisotopic (exact) mass is 177 g/mol. The number of fused-ring (bicyclic) bond motifs is 1. The van der Waals surface area contributed by atoms with Crippen LogP contribution in [0.5, 0.6) is 0 Å². The van der Waals surface area contributed by atoms with E-state index in [1.54, 1.807) is 24.3 Å². The van der Waals surface area contributed by atoms with Crippen molar-refractivity contribution in [3.05, 3.63) is 35.4 Å². The zero-order valence-electron chi connectivity index (χ0n) is 6.74. The van der Waals surface area contributed by atoms with Crippen LogP contribution >= 0.6 is 0 Å². The molecule has 1 aliphatic heterocycles. The number of hydrogen-bond acceptors (Lipinski definition) is 3. The van der Waals surface area contributed by atoms with Crippen LogP contribution in [-0.4, -0.2) is 18.6 Å². The number of benzene rings is 1. The van der Waals surface area contributed by atoms with Gasteiger partial charge in [0.05, 0.1) is 11.1 Å². The molecule has 0 radical (unpaired) electrons. The molecule has 1 aromatic carbocycles. The van der Waals surface area contributed by atoms with E-state index in [0.29, 0.717) is 11.1 Å². The van der Waals surface area contributed by atoms with Crippen molar-refractivity contribution >= 4 is 18.6 Å². The molecule has 0 atom stereocenters. The van der Waals surface area contributed by atoms with Crippen molar-refractivity contribution in [3.8, 4) is 0 Å². The van der Waals surface area contributed by atoms with Gasteiger partial charge in [-0.25, -0.2) is 0 Å². The predicted molar refractivity (Wildman–Crippen MR) is 45.4 cm³/mol. The van der Waals surface area contributed by atoms with E-state index in [9.17, 15) is 9.59 Å². The normalized spacial score (nSPS) is 12.6. The molecular weight excluding hydrogens is 170 g/mol. The van der Waals surface area contributed by atoms with Gasteiger partial charge in [-0.2, -0.15) is 0 Å². The van der Waals surface area contributed by atoms with Crippen molar-refractivity contribution in [2.45, 2.75) is 0 Å². The van der Waals surface area contributed by atoms with E-state index in [1.807, 2.05) is 6.79 Å². The first-order valence-corrected chi connectivity index (χ1v) is 3.52. The molecule has 0 fully saturated rings. The predicted octanol–water partition coefficient (Wildman–Crippen LogP) is 0.385. The molecular formula is C9H7NO3. The lowest BCUT2D eigenvalue weighted by molar-refractivity contribution is -0.0980. The first-order valence-electron chi connectivity index (χ1n) is 3.52. The third-order valence-corrected chi connectivity index (χ3v) is 1.64. The maximum Gasteiger partial charge on any atom is 0.258 e. The van der Waals surface area contributed by atoms with Gasteiger partial charge >= 0.3 is 0 Å². The van der Waals surface area contributed by atoms with Gasteiger partial charge in [-0.05, 0) is 12.1 Å². The van der Waals surface area contributed by atoms with E-state index >= 15 is 0 Å². The molecule has 0 aromatic heterocycles. The minimum atomic E-state index is -0.300. The molecule has 0 saturated heterocycles. The molecule has 1 aromatic rings. The molecule has 2 amide bonds. The van der Waals surface area contributed by atoms with Crippen LogP contribution in [0.1, 0.15) is 20.7 Å². The van der Waals surface area contributed by atoms with Crippen LogP contribution in [0.15, 0.2) is 24.3 Å². The molecule has 13 heavy (non-hydrogen) atoms. The van der Waals surface area contributed by atoms with Crippen molar-refractivity contribution in [3.63, 3.8) is 0 Å². The van der Waals surface area contributed by atoms with Crippen molar-refractivity contribution < 1.29 is 14.4 Å². The van der Waals surface area contributed by atoms with Crippen LogP contribution in [-0.2, 0) is 4.79 Å².